The van der Waals surface area contributed by atoms with Crippen LogP contribution in [0, 0.1) is 5.92 Å². The summed E-state index contributed by atoms with van der Waals surface area (Å²) in [6, 6.07) is 6.01. The van der Waals surface area contributed by atoms with Crippen LogP contribution >= 0.6 is 11.3 Å². The summed E-state index contributed by atoms with van der Waals surface area (Å²) in [6.45, 7) is 10.2. The molecule has 5 rings (SSSR count). The van der Waals surface area contributed by atoms with Crippen molar-refractivity contribution in [3.8, 4) is 11.5 Å². The number of carboxylic acids is 1. The molecule has 1 aliphatic carbocycles. The molecular weight excluding hydrogens is 630 g/mol. The Kier molecular flexibility index (Phi) is 11.1. The first-order valence-electron chi connectivity index (χ1n) is 16.7. The number of fused-ring (bicyclic) bond motifs is 1. The molecule has 48 heavy (non-hydrogen) atoms. The van der Waals surface area contributed by atoms with Crippen LogP contribution in [0.2, 0.25) is 0 Å². The minimum atomic E-state index is -1.28. The van der Waals surface area contributed by atoms with E-state index >= 15 is 0 Å². The standard InChI is InChI=1S/C37H45N3O7S/c1-5-6-7-9-23-17-29(41)32(27-16-22(4)11-13-26(27)21(2)3)30(18-23)47-37(46)38-20-24-12-14-28-33(35(43)40(28)34(24)36(44)45)39-31(42)19-25-10-8-15-48-25/h8,10,15-18,26-28,33,41H,2,5-7,9,11-14,19-20H2,1,3-4H3,(H,38,46)(H,39,42)(H,44,45)/t26-,27+,28+,33-/m0/s1. The molecule has 1 aromatic heterocycles. The highest BCUT2D eigenvalue weighted by atomic mass is 32.1. The van der Waals surface area contributed by atoms with Crippen LogP contribution in [-0.4, -0.2) is 57.6 Å². The van der Waals surface area contributed by atoms with Gasteiger partial charge in [0.1, 0.15) is 23.2 Å². The number of hydrogen-bond donors (Lipinski definition) is 4. The van der Waals surface area contributed by atoms with Crippen molar-refractivity contribution in [3.05, 3.63) is 80.7 Å². The highest BCUT2D eigenvalue weighted by molar-refractivity contribution is 7.10. The fraction of sp³-hybridized carbons (Fsp3) is 0.459. The Balaban J connectivity index is 1.32. The second-order valence-electron chi connectivity index (χ2n) is 13.1. The number of carbonyl (C=O) groups excluding carboxylic acids is 3. The van der Waals surface area contributed by atoms with Crippen molar-refractivity contribution in [2.45, 2.75) is 96.6 Å². The van der Waals surface area contributed by atoms with E-state index in [1.165, 1.54) is 21.8 Å². The van der Waals surface area contributed by atoms with Crippen LogP contribution < -0.4 is 15.4 Å². The zero-order valence-corrected chi connectivity index (χ0v) is 28.7. The van der Waals surface area contributed by atoms with Crippen LogP contribution in [0.3, 0.4) is 0 Å². The second-order valence-corrected chi connectivity index (χ2v) is 14.2. The van der Waals surface area contributed by atoms with Crippen molar-refractivity contribution in [3.63, 3.8) is 0 Å². The molecule has 10 nitrogen and oxygen atoms in total. The van der Waals surface area contributed by atoms with Gasteiger partial charge in [-0.1, -0.05) is 49.6 Å². The molecule has 1 aromatic carbocycles. The molecule has 0 saturated carbocycles. The molecule has 3 heterocycles. The molecule has 2 aliphatic heterocycles. The molecule has 0 unspecified atom stereocenters. The molecule has 3 amide bonds. The predicted molar refractivity (Wildman–Crippen MR) is 184 cm³/mol. The van der Waals surface area contributed by atoms with Crippen molar-refractivity contribution >= 4 is 35.2 Å². The number of aromatic hydroxyl groups is 1. The molecule has 4 atom stereocenters. The third-order valence-corrected chi connectivity index (χ3v) is 10.5. The van der Waals surface area contributed by atoms with Crippen molar-refractivity contribution in [1.29, 1.82) is 0 Å². The van der Waals surface area contributed by atoms with Crippen LogP contribution in [0.1, 0.15) is 87.6 Å². The number of hydrogen-bond acceptors (Lipinski definition) is 7. The lowest BCUT2D eigenvalue weighted by Crippen LogP contribution is -2.71. The van der Waals surface area contributed by atoms with E-state index in [0.29, 0.717) is 24.0 Å². The zero-order chi connectivity index (χ0) is 34.5. The molecule has 0 radical (unpaired) electrons. The number of thiophene rings is 1. The smallest absolute Gasteiger partial charge is 0.412 e. The van der Waals surface area contributed by atoms with Gasteiger partial charge in [-0.05, 0) is 93.0 Å². The lowest BCUT2D eigenvalue weighted by Gasteiger charge is -2.50. The highest BCUT2D eigenvalue weighted by Gasteiger charge is 2.53. The molecule has 0 spiro atoms. The average Bonchev–Trinajstić information content (AvgIpc) is 3.55. The number of ether oxygens (including phenoxy) is 1. The van der Waals surface area contributed by atoms with Crippen LogP contribution in [-0.2, 0) is 27.2 Å². The second kappa shape index (κ2) is 15.2. The van der Waals surface area contributed by atoms with Crippen LogP contribution in [0.25, 0.3) is 0 Å². The number of phenols is 1. The average molecular weight is 676 g/mol. The van der Waals surface area contributed by atoms with Crippen LogP contribution in [0.15, 0.2) is 64.7 Å². The number of phenolic OH excluding ortho intramolecular Hbond substituents is 1. The molecule has 256 valence electrons. The quantitative estimate of drug-likeness (QED) is 0.110. The number of benzene rings is 1. The molecule has 4 N–H and O–H groups in total. The fourth-order valence-electron chi connectivity index (χ4n) is 7.14. The lowest BCUT2D eigenvalue weighted by molar-refractivity contribution is -0.156. The maximum atomic E-state index is 13.3. The highest BCUT2D eigenvalue weighted by Crippen LogP contribution is 2.47. The van der Waals surface area contributed by atoms with E-state index in [4.69, 9.17) is 4.74 Å². The molecule has 11 heteroatoms. The number of unbranched alkanes of at least 4 members (excludes halogenated alkanes) is 2. The molecule has 1 fully saturated rings. The molecular formula is C37H45N3O7S. The molecule has 2 aromatic rings. The van der Waals surface area contributed by atoms with Crippen LogP contribution in [0.5, 0.6) is 11.5 Å². The van der Waals surface area contributed by atoms with Gasteiger partial charge < -0.3 is 25.6 Å². The van der Waals surface area contributed by atoms with E-state index in [-0.39, 0.29) is 47.9 Å². The van der Waals surface area contributed by atoms with E-state index in [1.807, 2.05) is 30.5 Å². The van der Waals surface area contributed by atoms with Gasteiger partial charge in [-0.15, -0.1) is 11.3 Å². The maximum Gasteiger partial charge on any atom is 0.412 e. The largest absolute Gasteiger partial charge is 0.507 e. The predicted octanol–water partition coefficient (Wildman–Crippen LogP) is 6.36. The summed E-state index contributed by atoms with van der Waals surface area (Å²) in [7, 11) is 0. The van der Waals surface area contributed by atoms with Gasteiger partial charge in [0.2, 0.25) is 5.91 Å². The first kappa shape index (κ1) is 34.9. The number of β-lactam (4-membered cyclic amide) rings is 1. The normalized spacial score (nSPS) is 21.9. The monoisotopic (exact) mass is 675 g/mol. The van der Waals surface area contributed by atoms with E-state index in [1.54, 1.807) is 6.07 Å². The minimum absolute atomic E-state index is 0.0628. The van der Waals surface area contributed by atoms with Crippen molar-refractivity contribution in [2.24, 2.45) is 5.92 Å². The van der Waals surface area contributed by atoms with E-state index < -0.39 is 30.1 Å². The fourth-order valence-corrected chi connectivity index (χ4v) is 7.84. The SMILES string of the molecule is C=C(C)[C@@H]1CCC(C)=C[C@H]1c1c(O)cc(CCCCC)cc1OC(=O)NCC1=C(C(=O)O)N2C(=O)[C@@H](NC(=O)Cc3cccs3)[C@H]2CC1. The summed E-state index contributed by atoms with van der Waals surface area (Å²) in [5, 5.41) is 28.7. The Hall–Kier alpha value is -4.38. The van der Waals surface area contributed by atoms with Gasteiger partial charge in [0.05, 0.1) is 12.5 Å². The molecule has 3 aliphatic rings. The summed E-state index contributed by atoms with van der Waals surface area (Å²) in [4.78, 5) is 53.4. The lowest BCUT2D eigenvalue weighted by atomic mass is 9.73. The van der Waals surface area contributed by atoms with E-state index in [9.17, 15) is 29.4 Å². The Morgan fingerprint density at radius 1 is 1.17 bits per heavy atom. The summed E-state index contributed by atoms with van der Waals surface area (Å²) in [6.07, 6.45) is 7.75. The maximum absolute atomic E-state index is 13.3. The number of rotatable bonds is 13. The Bertz CT molecular complexity index is 1640. The Labute approximate surface area is 285 Å². The number of allylic oxidation sites excluding steroid dienone is 3. The summed E-state index contributed by atoms with van der Waals surface area (Å²) in [5.74, 6) is -1.89. The summed E-state index contributed by atoms with van der Waals surface area (Å²) >= 11 is 1.45. The number of amides is 3. The number of carboxylic acid groups (broad SMARTS) is 1. The van der Waals surface area contributed by atoms with Crippen molar-refractivity contribution < 1.29 is 34.1 Å². The number of aliphatic carboxylic acids is 1. The van der Waals surface area contributed by atoms with Gasteiger partial charge >= 0.3 is 12.1 Å². The van der Waals surface area contributed by atoms with Crippen LogP contribution in [0.4, 0.5) is 4.79 Å². The first-order chi connectivity index (χ1) is 23.0. The number of nitrogens with zero attached hydrogens (tertiary/aromatic N) is 1. The molecule has 1 saturated heterocycles. The third kappa shape index (κ3) is 7.67. The number of aryl methyl sites for hydroxylation is 1. The van der Waals surface area contributed by atoms with Crippen molar-refractivity contribution in [1.82, 2.24) is 15.5 Å². The number of nitrogens with one attached hydrogen (secondary N) is 2. The third-order valence-electron chi connectivity index (χ3n) is 9.58. The topological polar surface area (TPSA) is 145 Å². The van der Waals surface area contributed by atoms with Crippen molar-refractivity contribution in [2.75, 3.05) is 6.54 Å². The Morgan fingerprint density at radius 3 is 2.65 bits per heavy atom. The van der Waals surface area contributed by atoms with Gasteiger partial charge in [-0.25, -0.2) is 9.59 Å². The van der Waals surface area contributed by atoms with Gasteiger partial charge in [0, 0.05) is 22.9 Å². The van der Waals surface area contributed by atoms with Gasteiger partial charge in [-0.3, -0.25) is 14.5 Å². The zero-order valence-electron chi connectivity index (χ0n) is 27.8. The minimum Gasteiger partial charge on any atom is -0.507 e. The van der Waals surface area contributed by atoms with E-state index in [0.717, 1.165) is 54.5 Å². The summed E-state index contributed by atoms with van der Waals surface area (Å²) in [5.41, 5.74) is 3.77. The summed E-state index contributed by atoms with van der Waals surface area (Å²) < 4.78 is 5.90. The molecule has 0 bridgehead atoms. The number of carbonyl (C=O) groups is 4. The van der Waals surface area contributed by atoms with Gasteiger partial charge in [-0.2, -0.15) is 0 Å². The Morgan fingerprint density at radius 2 is 1.96 bits per heavy atom. The van der Waals surface area contributed by atoms with Gasteiger partial charge in [0.15, 0.2) is 0 Å². The van der Waals surface area contributed by atoms with Gasteiger partial charge in [0.25, 0.3) is 5.91 Å². The first-order valence-corrected chi connectivity index (χ1v) is 17.6. The van der Waals surface area contributed by atoms with E-state index in [2.05, 4.69) is 37.1 Å².